The zero-order chi connectivity index (χ0) is 23.9. The second-order valence-electron chi connectivity index (χ2n) is 9.47. The molecule has 4 heterocycles. The molecule has 2 aromatic carbocycles. The van der Waals surface area contributed by atoms with Crippen molar-refractivity contribution in [1.29, 1.82) is 0 Å². The van der Waals surface area contributed by atoms with E-state index in [0.29, 0.717) is 48.7 Å². The van der Waals surface area contributed by atoms with E-state index in [1.807, 2.05) is 17.0 Å². The van der Waals surface area contributed by atoms with E-state index in [1.165, 1.54) is 18.2 Å². The van der Waals surface area contributed by atoms with Crippen LogP contribution < -0.4 is 15.2 Å². The van der Waals surface area contributed by atoms with Crippen LogP contribution in [0.15, 0.2) is 51.7 Å². The molecule has 182 valence electrons. The maximum atomic E-state index is 14.1. The maximum absolute atomic E-state index is 14.1. The van der Waals surface area contributed by atoms with E-state index in [-0.39, 0.29) is 23.2 Å². The minimum Gasteiger partial charge on any atom is -0.440 e. The number of carbonyl (C=O) groups excluding carboxylic acids is 1. The molecule has 3 aliphatic rings. The number of likely N-dealkylation sites (tertiary alicyclic amines) is 1. The number of hydrogen-bond donors (Lipinski definition) is 0. The number of anilines is 2. The van der Waals surface area contributed by atoms with Gasteiger partial charge >= 0.3 is 0 Å². The average molecular weight is 478 g/mol. The van der Waals surface area contributed by atoms with Gasteiger partial charge in [-0.3, -0.25) is 9.59 Å². The highest BCUT2D eigenvalue weighted by molar-refractivity contribution is 5.99. The third-order valence-electron chi connectivity index (χ3n) is 7.31. The van der Waals surface area contributed by atoms with Crippen LogP contribution in [-0.2, 0) is 4.74 Å². The van der Waals surface area contributed by atoms with Crippen molar-refractivity contribution in [1.82, 2.24) is 4.90 Å². The van der Waals surface area contributed by atoms with Crippen LogP contribution in [0.2, 0.25) is 0 Å². The quantitative estimate of drug-likeness (QED) is 0.567. The normalized spacial score (nSPS) is 20.4. The molecule has 0 aliphatic carbocycles. The lowest BCUT2D eigenvalue weighted by Gasteiger charge is -2.32. The van der Waals surface area contributed by atoms with E-state index in [1.54, 1.807) is 17.0 Å². The van der Waals surface area contributed by atoms with Crippen molar-refractivity contribution in [2.75, 3.05) is 55.7 Å². The van der Waals surface area contributed by atoms with Gasteiger partial charge in [-0.2, -0.15) is 0 Å². The van der Waals surface area contributed by atoms with Crippen LogP contribution >= 0.6 is 0 Å². The van der Waals surface area contributed by atoms with Gasteiger partial charge in [-0.1, -0.05) is 6.07 Å². The maximum Gasteiger partial charge on any atom is 0.253 e. The van der Waals surface area contributed by atoms with Crippen molar-refractivity contribution >= 4 is 28.4 Å². The molecule has 0 N–H and O–H groups in total. The summed E-state index contributed by atoms with van der Waals surface area (Å²) in [6.07, 6.45) is 2.73. The minimum absolute atomic E-state index is 0.0636. The zero-order valence-corrected chi connectivity index (χ0v) is 19.5. The van der Waals surface area contributed by atoms with Crippen LogP contribution in [0.1, 0.15) is 41.2 Å². The number of nitrogens with zero attached hydrogens (tertiary/aromatic N) is 3. The molecule has 3 fully saturated rings. The molecular weight excluding hydrogens is 449 g/mol. The van der Waals surface area contributed by atoms with Gasteiger partial charge in [0.2, 0.25) is 0 Å². The molecule has 1 unspecified atom stereocenters. The molecule has 35 heavy (non-hydrogen) atoms. The van der Waals surface area contributed by atoms with E-state index in [2.05, 4.69) is 4.90 Å². The van der Waals surface area contributed by atoms with Crippen molar-refractivity contribution in [2.45, 2.75) is 25.3 Å². The van der Waals surface area contributed by atoms with E-state index in [0.717, 1.165) is 50.1 Å². The Morgan fingerprint density at radius 2 is 1.80 bits per heavy atom. The molecule has 6 rings (SSSR count). The molecule has 0 saturated carbocycles. The van der Waals surface area contributed by atoms with Gasteiger partial charge in [0.05, 0.1) is 24.6 Å². The van der Waals surface area contributed by atoms with Gasteiger partial charge in [0.1, 0.15) is 11.4 Å². The van der Waals surface area contributed by atoms with E-state index < -0.39 is 0 Å². The highest BCUT2D eigenvalue weighted by Crippen LogP contribution is 2.40. The Morgan fingerprint density at radius 3 is 2.54 bits per heavy atom. The first-order valence-corrected chi connectivity index (χ1v) is 12.3. The fourth-order valence-electron chi connectivity index (χ4n) is 5.34. The number of rotatable bonds is 4. The number of fused-ring (bicyclic) bond motifs is 1. The lowest BCUT2D eigenvalue weighted by Crippen LogP contribution is -2.42. The molecule has 1 atom stereocenters. The summed E-state index contributed by atoms with van der Waals surface area (Å²) in [6.45, 7) is 4.67. The van der Waals surface area contributed by atoms with Crippen molar-refractivity contribution in [3.05, 3.63) is 69.6 Å². The van der Waals surface area contributed by atoms with Crippen LogP contribution in [0.4, 0.5) is 16.0 Å². The number of hydrogen-bond acceptors (Lipinski definition) is 6. The molecule has 3 aliphatic heterocycles. The zero-order valence-electron chi connectivity index (χ0n) is 19.5. The second kappa shape index (κ2) is 9.00. The van der Waals surface area contributed by atoms with Crippen molar-refractivity contribution in [3.8, 4) is 0 Å². The number of halogens is 1. The molecule has 3 saturated heterocycles. The van der Waals surface area contributed by atoms with E-state index in [4.69, 9.17) is 9.15 Å². The third kappa shape index (κ3) is 4.05. The Bertz CT molecular complexity index is 1330. The Labute approximate surface area is 202 Å². The fraction of sp³-hybridized carbons (Fsp3) is 0.407. The van der Waals surface area contributed by atoms with Crippen LogP contribution in [-0.4, -0.2) is 56.7 Å². The van der Waals surface area contributed by atoms with Gasteiger partial charge in [0.25, 0.3) is 5.91 Å². The Morgan fingerprint density at radius 1 is 0.971 bits per heavy atom. The number of ether oxygens (including phenoxy) is 1. The Hall–Kier alpha value is -3.39. The van der Waals surface area contributed by atoms with Gasteiger partial charge in [0.15, 0.2) is 11.3 Å². The number of amides is 1. The molecular formula is C27H28FN3O4. The summed E-state index contributed by atoms with van der Waals surface area (Å²) in [5.74, 6) is 0.163. The summed E-state index contributed by atoms with van der Waals surface area (Å²) in [4.78, 5) is 32.5. The van der Waals surface area contributed by atoms with Crippen LogP contribution in [0.25, 0.3) is 11.0 Å². The van der Waals surface area contributed by atoms with Crippen molar-refractivity contribution in [2.24, 2.45) is 0 Å². The highest BCUT2D eigenvalue weighted by Gasteiger charge is 2.32. The summed E-state index contributed by atoms with van der Waals surface area (Å²) in [5, 5.41) is 0.412. The monoisotopic (exact) mass is 477 g/mol. The molecule has 0 spiro atoms. The lowest BCUT2D eigenvalue weighted by atomic mass is 9.97. The molecule has 1 amide bonds. The predicted octanol–water partition coefficient (Wildman–Crippen LogP) is 3.96. The molecule has 7 nitrogen and oxygen atoms in total. The summed E-state index contributed by atoms with van der Waals surface area (Å²) in [5.41, 5.74) is 2.44. The fourth-order valence-corrected chi connectivity index (χ4v) is 5.34. The van der Waals surface area contributed by atoms with Crippen LogP contribution in [0.5, 0.6) is 0 Å². The van der Waals surface area contributed by atoms with Crippen LogP contribution in [0, 0.1) is 5.82 Å². The SMILES string of the molecule is O=C(c1cc(C2CCCN2c2cccc(F)c2)c2oc(N3CCOCC3)cc(=O)c2c1)N1CCC1. The summed E-state index contributed by atoms with van der Waals surface area (Å²) in [6, 6.07) is 11.5. The molecule has 0 bridgehead atoms. The Kier molecular flexibility index (Phi) is 5.68. The molecule has 1 aromatic heterocycles. The number of carbonyl (C=O) groups is 1. The first-order chi connectivity index (χ1) is 17.1. The van der Waals surface area contributed by atoms with Gasteiger partial charge in [-0.25, -0.2) is 4.39 Å². The van der Waals surface area contributed by atoms with Gasteiger partial charge in [-0.15, -0.1) is 0 Å². The predicted molar refractivity (Wildman–Crippen MR) is 132 cm³/mol. The van der Waals surface area contributed by atoms with Crippen molar-refractivity contribution < 1.29 is 18.3 Å². The summed E-state index contributed by atoms with van der Waals surface area (Å²) >= 11 is 0. The minimum atomic E-state index is -0.291. The van der Waals surface area contributed by atoms with Gasteiger partial charge < -0.3 is 23.9 Å². The van der Waals surface area contributed by atoms with Gasteiger partial charge in [0, 0.05) is 55.6 Å². The summed E-state index contributed by atoms with van der Waals surface area (Å²) < 4.78 is 25.9. The van der Waals surface area contributed by atoms with Gasteiger partial charge in [-0.05, 0) is 49.6 Å². The number of morpholine rings is 1. The first kappa shape index (κ1) is 22.1. The summed E-state index contributed by atoms with van der Waals surface area (Å²) in [7, 11) is 0. The second-order valence-corrected chi connectivity index (χ2v) is 9.47. The van der Waals surface area contributed by atoms with E-state index >= 15 is 0 Å². The standard InChI is InChI=1S/C27H28FN3O4/c28-19-4-1-5-20(16-19)31-9-2-6-23(31)21-14-18(27(33)30-7-3-8-30)15-22-24(32)17-25(35-26(21)22)29-10-12-34-13-11-29/h1,4-5,14-17,23H,2-3,6-13H2. The highest BCUT2D eigenvalue weighted by atomic mass is 19.1. The average Bonchev–Trinajstić information content (AvgIpc) is 3.33. The third-order valence-corrected chi connectivity index (χ3v) is 7.31. The molecule has 3 aromatic rings. The lowest BCUT2D eigenvalue weighted by molar-refractivity contribution is 0.0652. The number of benzene rings is 2. The Balaban J connectivity index is 1.51. The van der Waals surface area contributed by atoms with E-state index in [9.17, 15) is 14.0 Å². The van der Waals surface area contributed by atoms with Crippen LogP contribution in [0.3, 0.4) is 0 Å². The first-order valence-electron chi connectivity index (χ1n) is 12.3. The molecule has 0 radical (unpaired) electrons. The molecule has 8 heteroatoms. The largest absolute Gasteiger partial charge is 0.440 e. The van der Waals surface area contributed by atoms with Crippen molar-refractivity contribution in [3.63, 3.8) is 0 Å². The smallest absolute Gasteiger partial charge is 0.253 e. The topological polar surface area (TPSA) is 66.2 Å².